The molecule has 0 spiro atoms. The Kier molecular flexibility index (Phi) is 3.80. The summed E-state index contributed by atoms with van der Waals surface area (Å²) in [5, 5.41) is 11.8. The Morgan fingerprint density at radius 3 is 3.00 bits per heavy atom. The van der Waals surface area contributed by atoms with Gasteiger partial charge in [0.1, 0.15) is 11.6 Å². The van der Waals surface area contributed by atoms with Crippen molar-refractivity contribution in [1.29, 1.82) is 0 Å². The highest BCUT2D eigenvalue weighted by Crippen LogP contribution is 2.37. The normalized spacial score (nSPS) is 23.0. The van der Waals surface area contributed by atoms with Crippen molar-refractivity contribution in [3.05, 3.63) is 29.6 Å². The summed E-state index contributed by atoms with van der Waals surface area (Å²) in [6.07, 6.45) is 2.22. The van der Waals surface area contributed by atoms with E-state index >= 15 is 0 Å². The molecule has 1 amide bonds. The SMILES string of the molecule is CC1(CNC(=O)c2ccc(O)cc2F)CCCS1. The lowest BCUT2D eigenvalue weighted by molar-refractivity contribution is 0.0946. The van der Waals surface area contributed by atoms with Gasteiger partial charge >= 0.3 is 0 Å². The lowest BCUT2D eigenvalue weighted by atomic mass is 10.1. The highest BCUT2D eigenvalue weighted by Gasteiger charge is 2.30. The number of amides is 1. The van der Waals surface area contributed by atoms with Gasteiger partial charge in [-0.3, -0.25) is 4.79 Å². The van der Waals surface area contributed by atoms with E-state index in [0.717, 1.165) is 24.7 Å². The minimum absolute atomic E-state index is 0.0283. The van der Waals surface area contributed by atoms with Crippen LogP contribution >= 0.6 is 11.8 Å². The second-order valence-electron chi connectivity index (χ2n) is 4.75. The van der Waals surface area contributed by atoms with Gasteiger partial charge in [0.05, 0.1) is 5.56 Å². The van der Waals surface area contributed by atoms with Gasteiger partial charge in [0.2, 0.25) is 0 Å². The lowest BCUT2D eigenvalue weighted by Crippen LogP contribution is -2.37. The Bertz CT molecular complexity index is 458. The molecule has 1 aromatic rings. The van der Waals surface area contributed by atoms with Crippen LogP contribution in [0.2, 0.25) is 0 Å². The molecule has 2 N–H and O–H groups in total. The van der Waals surface area contributed by atoms with E-state index in [0.29, 0.717) is 6.54 Å². The predicted octanol–water partition coefficient (Wildman–Crippen LogP) is 2.55. The molecule has 5 heteroatoms. The molecule has 1 aliphatic heterocycles. The minimum Gasteiger partial charge on any atom is -0.508 e. The van der Waals surface area contributed by atoms with Crippen molar-refractivity contribution in [2.75, 3.05) is 12.3 Å². The number of benzene rings is 1. The zero-order chi connectivity index (χ0) is 13.2. The van der Waals surface area contributed by atoms with Crippen molar-refractivity contribution in [1.82, 2.24) is 5.32 Å². The van der Waals surface area contributed by atoms with E-state index in [4.69, 9.17) is 5.11 Å². The Hall–Kier alpha value is -1.23. The molecule has 0 aliphatic carbocycles. The van der Waals surface area contributed by atoms with Crippen LogP contribution in [-0.2, 0) is 0 Å². The second kappa shape index (κ2) is 5.18. The molecule has 98 valence electrons. The molecule has 1 saturated heterocycles. The number of halogens is 1. The summed E-state index contributed by atoms with van der Waals surface area (Å²) in [6, 6.07) is 3.55. The summed E-state index contributed by atoms with van der Waals surface area (Å²) in [5.41, 5.74) is -0.0283. The van der Waals surface area contributed by atoms with Crippen molar-refractivity contribution in [2.24, 2.45) is 0 Å². The van der Waals surface area contributed by atoms with Crippen LogP contribution in [0.15, 0.2) is 18.2 Å². The number of hydrogen-bond donors (Lipinski definition) is 2. The molecule has 3 nitrogen and oxygen atoms in total. The van der Waals surface area contributed by atoms with Crippen LogP contribution in [0.3, 0.4) is 0 Å². The molecular weight excluding hydrogens is 253 g/mol. The maximum atomic E-state index is 13.5. The fraction of sp³-hybridized carbons (Fsp3) is 0.462. The summed E-state index contributed by atoms with van der Waals surface area (Å²) < 4.78 is 13.5. The van der Waals surface area contributed by atoms with Crippen LogP contribution in [0.1, 0.15) is 30.1 Å². The van der Waals surface area contributed by atoms with Gasteiger partial charge in [-0.1, -0.05) is 0 Å². The molecule has 1 heterocycles. The highest BCUT2D eigenvalue weighted by atomic mass is 32.2. The zero-order valence-corrected chi connectivity index (χ0v) is 11.0. The first-order valence-corrected chi connectivity index (χ1v) is 6.89. The molecule has 0 saturated carbocycles. The number of hydrogen-bond acceptors (Lipinski definition) is 3. The zero-order valence-electron chi connectivity index (χ0n) is 10.2. The molecule has 0 bridgehead atoms. The van der Waals surface area contributed by atoms with Gasteiger partial charge in [0.15, 0.2) is 0 Å². The third kappa shape index (κ3) is 2.96. The van der Waals surface area contributed by atoms with E-state index < -0.39 is 11.7 Å². The lowest BCUT2D eigenvalue weighted by Gasteiger charge is -2.22. The van der Waals surface area contributed by atoms with Crippen molar-refractivity contribution >= 4 is 17.7 Å². The van der Waals surface area contributed by atoms with Gasteiger partial charge < -0.3 is 10.4 Å². The average Bonchev–Trinajstić information content (AvgIpc) is 2.74. The molecule has 1 aliphatic rings. The van der Waals surface area contributed by atoms with Crippen LogP contribution in [0, 0.1) is 5.82 Å². The molecule has 18 heavy (non-hydrogen) atoms. The van der Waals surface area contributed by atoms with Gasteiger partial charge in [-0.15, -0.1) is 0 Å². The maximum absolute atomic E-state index is 13.5. The quantitative estimate of drug-likeness (QED) is 0.886. The molecule has 1 unspecified atom stereocenters. The summed E-state index contributed by atoms with van der Waals surface area (Å²) in [7, 11) is 0. The van der Waals surface area contributed by atoms with Crippen LogP contribution in [0.4, 0.5) is 4.39 Å². The van der Waals surface area contributed by atoms with Crippen molar-refractivity contribution in [3.8, 4) is 5.75 Å². The van der Waals surface area contributed by atoms with Gasteiger partial charge in [0.25, 0.3) is 5.91 Å². The molecule has 0 aromatic heterocycles. The van der Waals surface area contributed by atoms with E-state index in [9.17, 15) is 9.18 Å². The number of aromatic hydroxyl groups is 1. The number of carbonyl (C=O) groups is 1. The average molecular weight is 269 g/mol. The monoisotopic (exact) mass is 269 g/mol. The van der Waals surface area contributed by atoms with E-state index in [1.54, 1.807) is 0 Å². The molecule has 1 fully saturated rings. The van der Waals surface area contributed by atoms with Crippen LogP contribution in [-0.4, -0.2) is 28.1 Å². The van der Waals surface area contributed by atoms with E-state index in [-0.39, 0.29) is 16.1 Å². The van der Waals surface area contributed by atoms with Crippen molar-refractivity contribution in [3.63, 3.8) is 0 Å². The van der Waals surface area contributed by atoms with Gasteiger partial charge in [-0.05, 0) is 37.7 Å². The Balaban J connectivity index is 1.99. The number of thioether (sulfide) groups is 1. The largest absolute Gasteiger partial charge is 0.508 e. The standard InChI is InChI=1S/C13H16FNO2S/c1-13(5-2-6-18-13)8-15-12(17)10-4-3-9(16)7-11(10)14/h3-4,7,16H,2,5-6,8H2,1H3,(H,15,17). The number of nitrogens with one attached hydrogen (secondary N) is 1. The van der Waals surface area contributed by atoms with Crippen LogP contribution in [0.5, 0.6) is 5.75 Å². The van der Waals surface area contributed by atoms with E-state index in [2.05, 4.69) is 12.2 Å². The smallest absolute Gasteiger partial charge is 0.254 e. The Labute approximate surface area is 110 Å². The third-order valence-corrected chi connectivity index (χ3v) is 4.66. The van der Waals surface area contributed by atoms with Crippen molar-refractivity contribution < 1.29 is 14.3 Å². The number of carbonyl (C=O) groups excluding carboxylic acids is 1. The van der Waals surface area contributed by atoms with Crippen LogP contribution in [0.25, 0.3) is 0 Å². The molecule has 0 radical (unpaired) electrons. The number of phenols is 1. The molecule has 1 atom stereocenters. The summed E-state index contributed by atoms with van der Waals surface area (Å²) in [4.78, 5) is 11.8. The summed E-state index contributed by atoms with van der Waals surface area (Å²) in [5.74, 6) is -0.194. The van der Waals surface area contributed by atoms with Gasteiger partial charge in [-0.2, -0.15) is 11.8 Å². The summed E-state index contributed by atoms with van der Waals surface area (Å²) >= 11 is 1.84. The van der Waals surface area contributed by atoms with Gasteiger partial charge in [-0.25, -0.2) is 4.39 Å². The fourth-order valence-corrected chi connectivity index (χ4v) is 3.27. The fourth-order valence-electron chi connectivity index (χ4n) is 2.03. The maximum Gasteiger partial charge on any atom is 0.254 e. The van der Waals surface area contributed by atoms with Gasteiger partial charge in [0, 0.05) is 17.4 Å². The topological polar surface area (TPSA) is 49.3 Å². The van der Waals surface area contributed by atoms with Crippen molar-refractivity contribution in [2.45, 2.75) is 24.5 Å². The Morgan fingerprint density at radius 1 is 1.61 bits per heavy atom. The van der Waals surface area contributed by atoms with Crippen LogP contribution < -0.4 is 5.32 Å². The molecule has 1 aromatic carbocycles. The first-order chi connectivity index (χ1) is 8.50. The first-order valence-electron chi connectivity index (χ1n) is 5.91. The van der Waals surface area contributed by atoms with E-state index in [1.165, 1.54) is 12.1 Å². The molecule has 2 rings (SSSR count). The highest BCUT2D eigenvalue weighted by molar-refractivity contribution is 8.00. The number of phenolic OH excluding ortho intramolecular Hbond substituents is 1. The van der Waals surface area contributed by atoms with E-state index in [1.807, 2.05) is 11.8 Å². The summed E-state index contributed by atoms with van der Waals surface area (Å²) in [6.45, 7) is 2.65. The second-order valence-corrected chi connectivity index (χ2v) is 6.43. The minimum atomic E-state index is -0.697. The first kappa shape index (κ1) is 13.2. The predicted molar refractivity (Wildman–Crippen MR) is 70.5 cm³/mol. The Morgan fingerprint density at radius 2 is 2.39 bits per heavy atom. The third-order valence-electron chi connectivity index (χ3n) is 3.12. The number of rotatable bonds is 3. The molecular formula is C13H16FNO2S.